The third-order valence-electron chi connectivity index (χ3n) is 3.98. The Balaban J connectivity index is 1.44. The number of amides is 1. The monoisotopic (exact) mass is 285 g/mol. The minimum absolute atomic E-state index is 0.109. The van der Waals surface area contributed by atoms with Crippen molar-refractivity contribution in [1.29, 1.82) is 0 Å². The standard InChI is InChI=1S/C15H15N3OS/c19-15-10-3-2-7-16-12(10)9-18(15)8-6-14-17-11-4-1-5-13(11)20-14/h2-3,7H,1,4-6,8-9H2. The summed E-state index contributed by atoms with van der Waals surface area (Å²) < 4.78 is 0. The van der Waals surface area contributed by atoms with Gasteiger partial charge in [0.25, 0.3) is 5.91 Å². The van der Waals surface area contributed by atoms with Gasteiger partial charge in [-0.15, -0.1) is 11.3 Å². The molecule has 0 saturated heterocycles. The minimum Gasteiger partial charge on any atom is -0.332 e. The Labute approximate surface area is 121 Å². The van der Waals surface area contributed by atoms with Gasteiger partial charge in [0.2, 0.25) is 0 Å². The average Bonchev–Trinajstić information content (AvgIpc) is 3.11. The molecule has 2 aromatic heterocycles. The van der Waals surface area contributed by atoms with Crippen LogP contribution in [0.4, 0.5) is 0 Å². The molecule has 4 nitrogen and oxygen atoms in total. The van der Waals surface area contributed by atoms with Crippen LogP contribution >= 0.6 is 11.3 Å². The maximum atomic E-state index is 12.2. The second-order valence-corrected chi connectivity index (χ2v) is 6.47. The van der Waals surface area contributed by atoms with Gasteiger partial charge in [-0.1, -0.05) is 0 Å². The van der Waals surface area contributed by atoms with E-state index in [-0.39, 0.29) is 5.91 Å². The number of fused-ring (bicyclic) bond motifs is 2. The van der Waals surface area contributed by atoms with E-state index in [9.17, 15) is 4.79 Å². The molecule has 0 fully saturated rings. The summed E-state index contributed by atoms with van der Waals surface area (Å²) in [5.41, 5.74) is 2.95. The van der Waals surface area contributed by atoms with E-state index in [2.05, 4.69) is 4.98 Å². The lowest BCUT2D eigenvalue weighted by Crippen LogP contribution is -2.26. The van der Waals surface area contributed by atoms with Crippen molar-refractivity contribution < 1.29 is 4.79 Å². The molecule has 1 aliphatic heterocycles. The summed E-state index contributed by atoms with van der Waals surface area (Å²) >= 11 is 1.83. The van der Waals surface area contributed by atoms with E-state index >= 15 is 0 Å². The SMILES string of the molecule is O=C1c2cccnc2CN1CCc1nc2c(s1)CCC2. The van der Waals surface area contributed by atoms with Crippen LogP contribution in [0.15, 0.2) is 18.3 Å². The lowest BCUT2D eigenvalue weighted by atomic mass is 10.2. The van der Waals surface area contributed by atoms with Crippen LogP contribution in [-0.4, -0.2) is 27.3 Å². The van der Waals surface area contributed by atoms with Gasteiger partial charge in [0, 0.05) is 24.0 Å². The first kappa shape index (κ1) is 12.0. The van der Waals surface area contributed by atoms with Crippen molar-refractivity contribution in [3.05, 3.63) is 45.2 Å². The van der Waals surface area contributed by atoms with Crippen LogP contribution in [0.2, 0.25) is 0 Å². The highest BCUT2D eigenvalue weighted by molar-refractivity contribution is 7.11. The summed E-state index contributed by atoms with van der Waals surface area (Å²) in [4.78, 5) is 24.5. The second kappa shape index (κ2) is 4.66. The van der Waals surface area contributed by atoms with Gasteiger partial charge in [0.15, 0.2) is 0 Å². The van der Waals surface area contributed by atoms with Crippen LogP contribution in [-0.2, 0) is 25.8 Å². The Morgan fingerprint density at radius 1 is 1.30 bits per heavy atom. The normalized spacial score (nSPS) is 16.6. The number of pyridine rings is 1. The first-order valence-corrected chi connectivity index (χ1v) is 7.83. The molecule has 0 unspecified atom stereocenters. The van der Waals surface area contributed by atoms with Crippen LogP contribution in [0, 0.1) is 0 Å². The summed E-state index contributed by atoms with van der Waals surface area (Å²) in [6.07, 6.45) is 6.17. The van der Waals surface area contributed by atoms with E-state index in [4.69, 9.17) is 4.98 Å². The van der Waals surface area contributed by atoms with Gasteiger partial charge >= 0.3 is 0 Å². The van der Waals surface area contributed by atoms with Gasteiger partial charge < -0.3 is 4.90 Å². The summed E-state index contributed by atoms with van der Waals surface area (Å²) in [6, 6.07) is 3.69. The van der Waals surface area contributed by atoms with Gasteiger partial charge in [-0.3, -0.25) is 9.78 Å². The first-order valence-electron chi connectivity index (χ1n) is 7.02. The number of rotatable bonds is 3. The van der Waals surface area contributed by atoms with Crippen LogP contribution in [0.3, 0.4) is 0 Å². The molecule has 5 heteroatoms. The van der Waals surface area contributed by atoms with Crippen molar-refractivity contribution in [2.45, 2.75) is 32.2 Å². The fraction of sp³-hybridized carbons (Fsp3) is 0.400. The zero-order chi connectivity index (χ0) is 13.5. The van der Waals surface area contributed by atoms with Crippen molar-refractivity contribution in [2.24, 2.45) is 0 Å². The molecule has 20 heavy (non-hydrogen) atoms. The number of hydrogen-bond acceptors (Lipinski definition) is 4. The maximum Gasteiger partial charge on any atom is 0.256 e. The molecule has 102 valence electrons. The predicted molar refractivity (Wildman–Crippen MR) is 76.8 cm³/mol. The average molecular weight is 285 g/mol. The number of hydrogen-bond donors (Lipinski definition) is 0. The number of thiazole rings is 1. The molecular weight excluding hydrogens is 270 g/mol. The Bertz CT molecular complexity index is 658. The van der Waals surface area contributed by atoms with E-state index in [0.717, 1.165) is 30.6 Å². The molecule has 0 spiro atoms. The Hall–Kier alpha value is -1.75. The summed E-state index contributed by atoms with van der Waals surface area (Å²) in [5.74, 6) is 0.109. The van der Waals surface area contributed by atoms with Crippen molar-refractivity contribution in [3.63, 3.8) is 0 Å². The molecule has 3 heterocycles. The molecule has 0 atom stereocenters. The predicted octanol–water partition coefficient (Wildman–Crippen LogP) is 2.23. The molecule has 2 aliphatic rings. The summed E-state index contributed by atoms with van der Waals surface area (Å²) in [7, 11) is 0. The van der Waals surface area contributed by atoms with Crippen LogP contribution in [0.5, 0.6) is 0 Å². The van der Waals surface area contributed by atoms with E-state index in [1.54, 1.807) is 6.20 Å². The molecule has 0 radical (unpaired) electrons. The molecule has 4 rings (SSSR count). The smallest absolute Gasteiger partial charge is 0.256 e. The Kier molecular flexibility index (Phi) is 2.80. The van der Waals surface area contributed by atoms with E-state index in [1.165, 1.54) is 28.4 Å². The van der Waals surface area contributed by atoms with Crippen molar-refractivity contribution in [2.75, 3.05) is 6.54 Å². The van der Waals surface area contributed by atoms with Crippen LogP contribution < -0.4 is 0 Å². The number of aromatic nitrogens is 2. The second-order valence-electron chi connectivity index (χ2n) is 5.31. The van der Waals surface area contributed by atoms with Crippen molar-refractivity contribution in [3.8, 4) is 0 Å². The Morgan fingerprint density at radius 2 is 2.25 bits per heavy atom. The molecule has 1 amide bonds. The molecule has 2 aromatic rings. The third-order valence-corrected chi connectivity index (χ3v) is 5.20. The lowest BCUT2D eigenvalue weighted by Gasteiger charge is -2.13. The van der Waals surface area contributed by atoms with Gasteiger partial charge in [-0.25, -0.2) is 4.98 Å². The van der Waals surface area contributed by atoms with Gasteiger partial charge in [0.1, 0.15) is 0 Å². The molecule has 0 bridgehead atoms. The van der Waals surface area contributed by atoms with Crippen molar-refractivity contribution >= 4 is 17.2 Å². The number of aryl methyl sites for hydroxylation is 2. The fourth-order valence-corrected chi connectivity index (χ4v) is 4.09. The van der Waals surface area contributed by atoms with Gasteiger partial charge in [0.05, 0.1) is 28.5 Å². The quantitative estimate of drug-likeness (QED) is 0.868. The van der Waals surface area contributed by atoms with E-state index in [1.807, 2.05) is 28.4 Å². The summed E-state index contributed by atoms with van der Waals surface area (Å²) in [6.45, 7) is 1.38. The topological polar surface area (TPSA) is 46.1 Å². The highest BCUT2D eigenvalue weighted by Crippen LogP contribution is 2.28. The van der Waals surface area contributed by atoms with E-state index in [0.29, 0.717) is 6.54 Å². The molecule has 1 aliphatic carbocycles. The number of carbonyl (C=O) groups is 1. The fourth-order valence-electron chi connectivity index (χ4n) is 2.94. The van der Waals surface area contributed by atoms with Gasteiger partial charge in [-0.05, 0) is 31.4 Å². The molecule has 0 saturated carbocycles. The highest BCUT2D eigenvalue weighted by atomic mass is 32.1. The third kappa shape index (κ3) is 1.93. The van der Waals surface area contributed by atoms with Crippen molar-refractivity contribution in [1.82, 2.24) is 14.9 Å². The van der Waals surface area contributed by atoms with Crippen LogP contribution in [0.25, 0.3) is 0 Å². The molecule has 0 N–H and O–H groups in total. The summed E-state index contributed by atoms with van der Waals surface area (Å²) in [5, 5.41) is 1.17. The van der Waals surface area contributed by atoms with E-state index < -0.39 is 0 Å². The Morgan fingerprint density at radius 3 is 3.10 bits per heavy atom. The highest BCUT2D eigenvalue weighted by Gasteiger charge is 2.28. The van der Waals surface area contributed by atoms with Crippen LogP contribution in [0.1, 0.15) is 38.1 Å². The number of nitrogens with zero attached hydrogens (tertiary/aromatic N) is 3. The molecule has 0 aromatic carbocycles. The zero-order valence-corrected chi connectivity index (χ0v) is 11.9. The lowest BCUT2D eigenvalue weighted by molar-refractivity contribution is 0.0780. The zero-order valence-electron chi connectivity index (χ0n) is 11.1. The minimum atomic E-state index is 0.109. The molecular formula is C15H15N3OS. The number of carbonyl (C=O) groups excluding carboxylic acids is 1. The maximum absolute atomic E-state index is 12.2. The first-order chi connectivity index (χ1) is 9.81. The largest absolute Gasteiger partial charge is 0.332 e. The van der Waals surface area contributed by atoms with Gasteiger partial charge in [-0.2, -0.15) is 0 Å².